The van der Waals surface area contributed by atoms with Crippen LogP contribution < -0.4 is 0 Å². The van der Waals surface area contributed by atoms with E-state index in [-0.39, 0.29) is 11.5 Å². The Bertz CT molecular complexity index is 764. The van der Waals surface area contributed by atoms with Crippen molar-refractivity contribution in [3.63, 3.8) is 0 Å². The van der Waals surface area contributed by atoms with E-state index >= 15 is 0 Å². The number of nitrogens with zero attached hydrogens (tertiary/aromatic N) is 2. The molecule has 2 aromatic carbocycles. The maximum absolute atomic E-state index is 9.57. The zero-order chi connectivity index (χ0) is 17.8. The topological polar surface area (TPSA) is 58.3 Å². The van der Waals surface area contributed by atoms with E-state index < -0.39 is 0 Å². The highest BCUT2D eigenvalue weighted by Crippen LogP contribution is 2.31. The summed E-state index contributed by atoms with van der Waals surface area (Å²) in [6, 6.07) is 14.4. The van der Waals surface area contributed by atoms with Crippen LogP contribution in [0.4, 0.5) is 0 Å². The largest absolute Gasteiger partial charge is 0.508 e. The minimum atomic E-state index is 0.250. The second kappa shape index (κ2) is 7.43. The van der Waals surface area contributed by atoms with Crippen molar-refractivity contribution in [2.75, 3.05) is 0 Å². The number of aromatic hydroxyl groups is 2. The summed E-state index contributed by atoms with van der Waals surface area (Å²) in [5.74, 6) is 0.507. The predicted octanol–water partition coefficient (Wildman–Crippen LogP) is 4.86. The fourth-order valence-electron chi connectivity index (χ4n) is 3.15. The number of hydrogen-bond acceptors (Lipinski definition) is 3. The van der Waals surface area contributed by atoms with Crippen molar-refractivity contribution >= 4 is 0 Å². The Kier molecular flexibility index (Phi) is 5.08. The van der Waals surface area contributed by atoms with Crippen molar-refractivity contribution in [3.05, 3.63) is 59.8 Å². The van der Waals surface area contributed by atoms with E-state index in [4.69, 9.17) is 5.10 Å². The Hall–Kier alpha value is -2.75. The lowest BCUT2D eigenvalue weighted by atomic mass is 10.00. The number of benzene rings is 2. The van der Waals surface area contributed by atoms with Gasteiger partial charge in [0.2, 0.25) is 0 Å². The van der Waals surface area contributed by atoms with E-state index in [1.165, 1.54) is 11.3 Å². The minimum Gasteiger partial charge on any atom is -0.508 e. The number of aromatic nitrogens is 2. The molecule has 0 saturated heterocycles. The smallest absolute Gasteiger partial charge is 0.115 e. The molecule has 3 rings (SSSR count). The number of phenols is 2. The van der Waals surface area contributed by atoms with Gasteiger partial charge in [-0.15, -0.1) is 0 Å². The van der Waals surface area contributed by atoms with Gasteiger partial charge in [0.1, 0.15) is 11.5 Å². The lowest BCUT2D eigenvalue weighted by Gasteiger charge is -2.09. The van der Waals surface area contributed by atoms with Crippen LogP contribution in [0.2, 0.25) is 0 Å². The molecule has 0 fully saturated rings. The first kappa shape index (κ1) is 17.1. The molecule has 4 heteroatoms. The zero-order valence-corrected chi connectivity index (χ0v) is 14.7. The summed E-state index contributed by atoms with van der Waals surface area (Å²) in [4.78, 5) is 0. The molecule has 0 radical (unpaired) electrons. The standard InChI is InChI=1S/C21H24N2O2/c1-3-5-19-20(6-4-2)23(16-9-13-18(25)14-10-16)22-21(19)15-7-11-17(24)12-8-15/h7-14,24-25H,3-6H2,1-2H3. The molecular weight excluding hydrogens is 312 g/mol. The van der Waals surface area contributed by atoms with Gasteiger partial charge >= 0.3 is 0 Å². The van der Waals surface area contributed by atoms with Gasteiger partial charge in [0.05, 0.1) is 11.4 Å². The molecule has 0 aliphatic carbocycles. The fraction of sp³-hybridized carbons (Fsp3) is 0.286. The van der Waals surface area contributed by atoms with Crippen LogP contribution in [-0.4, -0.2) is 20.0 Å². The summed E-state index contributed by atoms with van der Waals surface area (Å²) >= 11 is 0. The third kappa shape index (κ3) is 3.53. The highest BCUT2D eigenvalue weighted by molar-refractivity contribution is 5.66. The SMILES string of the molecule is CCCc1c(-c2ccc(O)cc2)nn(-c2ccc(O)cc2)c1CCC. The van der Waals surface area contributed by atoms with Gasteiger partial charge in [0.15, 0.2) is 0 Å². The number of hydrogen-bond donors (Lipinski definition) is 2. The number of phenolic OH excluding ortho intramolecular Hbond substituents is 2. The maximum Gasteiger partial charge on any atom is 0.115 e. The van der Waals surface area contributed by atoms with Crippen molar-refractivity contribution in [2.24, 2.45) is 0 Å². The summed E-state index contributed by atoms with van der Waals surface area (Å²) in [5.41, 5.74) is 5.42. The van der Waals surface area contributed by atoms with Gasteiger partial charge in [0.25, 0.3) is 0 Å². The third-order valence-corrected chi connectivity index (χ3v) is 4.31. The lowest BCUT2D eigenvalue weighted by molar-refractivity contribution is 0.474. The summed E-state index contributed by atoms with van der Waals surface area (Å²) in [5, 5.41) is 24.0. The summed E-state index contributed by atoms with van der Waals surface area (Å²) in [7, 11) is 0. The second-order valence-corrected chi connectivity index (χ2v) is 6.25. The molecule has 1 heterocycles. The molecule has 0 aliphatic heterocycles. The molecule has 0 unspecified atom stereocenters. The van der Waals surface area contributed by atoms with E-state index in [9.17, 15) is 10.2 Å². The molecule has 3 aromatic rings. The molecule has 1 aromatic heterocycles. The molecule has 2 N–H and O–H groups in total. The van der Waals surface area contributed by atoms with E-state index in [0.717, 1.165) is 42.6 Å². The van der Waals surface area contributed by atoms with Crippen LogP contribution in [-0.2, 0) is 12.8 Å². The monoisotopic (exact) mass is 336 g/mol. The van der Waals surface area contributed by atoms with Gasteiger partial charge in [-0.1, -0.05) is 26.7 Å². The van der Waals surface area contributed by atoms with Gasteiger partial charge < -0.3 is 10.2 Å². The fourth-order valence-corrected chi connectivity index (χ4v) is 3.15. The number of rotatable bonds is 6. The van der Waals surface area contributed by atoms with Crippen LogP contribution in [0.1, 0.15) is 37.9 Å². The minimum absolute atomic E-state index is 0.250. The average molecular weight is 336 g/mol. The Morgan fingerprint density at radius 1 is 0.800 bits per heavy atom. The molecular formula is C21H24N2O2. The Labute approximate surface area is 148 Å². The normalized spacial score (nSPS) is 11.0. The average Bonchev–Trinajstić information content (AvgIpc) is 2.96. The predicted molar refractivity (Wildman–Crippen MR) is 100 cm³/mol. The molecule has 0 saturated carbocycles. The Morgan fingerprint density at radius 3 is 1.92 bits per heavy atom. The van der Waals surface area contributed by atoms with Gasteiger partial charge in [0, 0.05) is 16.8 Å². The molecule has 0 aliphatic rings. The summed E-state index contributed by atoms with van der Waals surface area (Å²) < 4.78 is 2.00. The Morgan fingerprint density at radius 2 is 1.36 bits per heavy atom. The van der Waals surface area contributed by atoms with E-state index in [1.54, 1.807) is 24.3 Å². The van der Waals surface area contributed by atoms with Gasteiger partial charge in [-0.05, 0) is 61.4 Å². The van der Waals surface area contributed by atoms with Crippen LogP contribution in [0.5, 0.6) is 11.5 Å². The van der Waals surface area contributed by atoms with Crippen LogP contribution in [0.15, 0.2) is 48.5 Å². The van der Waals surface area contributed by atoms with Crippen LogP contribution >= 0.6 is 0 Å². The van der Waals surface area contributed by atoms with E-state index in [1.807, 2.05) is 28.9 Å². The Balaban J connectivity index is 2.18. The molecule has 0 atom stereocenters. The first-order valence-corrected chi connectivity index (χ1v) is 8.83. The van der Waals surface area contributed by atoms with Crippen molar-refractivity contribution < 1.29 is 10.2 Å². The van der Waals surface area contributed by atoms with Crippen molar-refractivity contribution in [1.82, 2.24) is 9.78 Å². The molecule has 0 bridgehead atoms. The van der Waals surface area contributed by atoms with Crippen LogP contribution in [0.3, 0.4) is 0 Å². The van der Waals surface area contributed by atoms with Gasteiger partial charge in [-0.25, -0.2) is 4.68 Å². The maximum atomic E-state index is 9.57. The molecule has 130 valence electrons. The molecule has 25 heavy (non-hydrogen) atoms. The third-order valence-electron chi connectivity index (χ3n) is 4.31. The summed E-state index contributed by atoms with van der Waals surface area (Å²) in [6.45, 7) is 4.35. The highest BCUT2D eigenvalue weighted by atomic mass is 16.3. The zero-order valence-electron chi connectivity index (χ0n) is 14.7. The second-order valence-electron chi connectivity index (χ2n) is 6.25. The lowest BCUT2D eigenvalue weighted by Crippen LogP contribution is -2.03. The van der Waals surface area contributed by atoms with Crippen molar-refractivity contribution in [3.8, 4) is 28.4 Å². The van der Waals surface area contributed by atoms with Gasteiger partial charge in [-0.3, -0.25) is 0 Å². The molecule has 0 amide bonds. The van der Waals surface area contributed by atoms with Crippen molar-refractivity contribution in [1.29, 1.82) is 0 Å². The molecule has 0 spiro atoms. The van der Waals surface area contributed by atoms with Crippen LogP contribution in [0, 0.1) is 0 Å². The van der Waals surface area contributed by atoms with Gasteiger partial charge in [-0.2, -0.15) is 5.10 Å². The van der Waals surface area contributed by atoms with E-state index in [0.29, 0.717) is 0 Å². The van der Waals surface area contributed by atoms with E-state index in [2.05, 4.69) is 13.8 Å². The van der Waals surface area contributed by atoms with Crippen molar-refractivity contribution in [2.45, 2.75) is 39.5 Å². The highest BCUT2D eigenvalue weighted by Gasteiger charge is 2.19. The molecule has 4 nitrogen and oxygen atoms in total. The summed E-state index contributed by atoms with van der Waals surface area (Å²) in [6.07, 6.45) is 3.99. The first-order valence-electron chi connectivity index (χ1n) is 8.83. The first-order chi connectivity index (χ1) is 12.1. The quantitative estimate of drug-likeness (QED) is 0.676. The van der Waals surface area contributed by atoms with Crippen LogP contribution in [0.25, 0.3) is 16.9 Å².